The third-order valence-electron chi connectivity index (χ3n) is 4.80. The van der Waals surface area contributed by atoms with E-state index in [1.165, 1.54) is 6.92 Å². The molecule has 1 unspecified atom stereocenters. The van der Waals surface area contributed by atoms with Gasteiger partial charge in [-0.25, -0.2) is 4.98 Å². The molecule has 0 spiro atoms. The van der Waals surface area contributed by atoms with Crippen LogP contribution in [0.25, 0.3) is 0 Å². The van der Waals surface area contributed by atoms with Gasteiger partial charge < -0.3 is 19.9 Å². The fraction of sp³-hybridized carbons (Fsp3) is 0.261. The van der Waals surface area contributed by atoms with Gasteiger partial charge in [0, 0.05) is 31.5 Å². The second-order valence-electron chi connectivity index (χ2n) is 7.08. The Morgan fingerprint density at radius 1 is 1.10 bits per heavy atom. The van der Waals surface area contributed by atoms with E-state index < -0.39 is 6.04 Å². The van der Waals surface area contributed by atoms with Crippen molar-refractivity contribution in [2.45, 2.75) is 32.9 Å². The van der Waals surface area contributed by atoms with Gasteiger partial charge in [-0.3, -0.25) is 9.59 Å². The molecule has 0 aliphatic heterocycles. The Hall–Kier alpha value is -3.61. The first-order chi connectivity index (χ1) is 14.4. The monoisotopic (exact) mass is 406 g/mol. The van der Waals surface area contributed by atoms with Gasteiger partial charge in [-0.1, -0.05) is 24.3 Å². The number of aryl methyl sites for hydroxylation is 1. The molecular weight excluding hydrogens is 380 g/mol. The first-order valence-corrected chi connectivity index (χ1v) is 9.72. The molecule has 2 aromatic carbocycles. The Morgan fingerprint density at radius 2 is 1.80 bits per heavy atom. The lowest BCUT2D eigenvalue weighted by molar-refractivity contribution is -0.120. The average molecular weight is 406 g/mol. The van der Waals surface area contributed by atoms with Crippen molar-refractivity contribution in [1.82, 2.24) is 14.9 Å². The van der Waals surface area contributed by atoms with Crippen molar-refractivity contribution in [3.63, 3.8) is 0 Å². The Labute approximate surface area is 176 Å². The smallest absolute Gasteiger partial charge is 0.226 e. The molecule has 0 radical (unpaired) electrons. The zero-order chi connectivity index (χ0) is 21.5. The number of carbonyl (C=O) groups excluding carboxylic acids is 2. The molecule has 3 rings (SSSR count). The van der Waals surface area contributed by atoms with E-state index in [9.17, 15) is 9.59 Å². The van der Waals surface area contributed by atoms with Crippen molar-refractivity contribution >= 4 is 17.5 Å². The van der Waals surface area contributed by atoms with Crippen LogP contribution in [0.2, 0.25) is 0 Å². The predicted octanol–water partition coefficient (Wildman–Crippen LogP) is 3.45. The van der Waals surface area contributed by atoms with Crippen molar-refractivity contribution in [3.8, 4) is 5.75 Å². The molecule has 30 heavy (non-hydrogen) atoms. The van der Waals surface area contributed by atoms with Crippen LogP contribution >= 0.6 is 0 Å². The van der Waals surface area contributed by atoms with Gasteiger partial charge in [-0.05, 0) is 42.3 Å². The van der Waals surface area contributed by atoms with Gasteiger partial charge in [0.1, 0.15) is 11.6 Å². The van der Waals surface area contributed by atoms with Crippen LogP contribution in [0.4, 0.5) is 5.69 Å². The van der Waals surface area contributed by atoms with Gasteiger partial charge in [0.2, 0.25) is 11.8 Å². The molecule has 1 aromatic heterocycles. The van der Waals surface area contributed by atoms with E-state index in [0.717, 1.165) is 29.2 Å². The molecule has 156 valence electrons. The molecule has 7 heteroatoms. The summed E-state index contributed by atoms with van der Waals surface area (Å²) in [6.45, 7) is 4.13. The van der Waals surface area contributed by atoms with Gasteiger partial charge in [-0.2, -0.15) is 0 Å². The second kappa shape index (κ2) is 9.73. The number of nitrogens with zero attached hydrogens (tertiary/aromatic N) is 2. The number of hydrogen-bond donors (Lipinski definition) is 2. The zero-order valence-corrected chi connectivity index (χ0v) is 17.4. The number of amides is 2. The Kier molecular flexibility index (Phi) is 6.85. The first-order valence-electron chi connectivity index (χ1n) is 9.72. The minimum Gasteiger partial charge on any atom is -0.497 e. The molecule has 3 aromatic rings. The third kappa shape index (κ3) is 5.70. The van der Waals surface area contributed by atoms with Gasteiger partial charge in [0.25, 0.3) is 0 Å². The summed E-state index contributed by atoms with van der Waals surface area (Å²) in [6, 6.07) is 14.6. The number of ether oxygens (including phenoxy) is 1. The average Bonchev–Trinajstić information content (AvgIpc) is 3.13. The van der Waals surface area contributed by atoms with Gasteiger partial charge in [0.15, 0.2) is 0 Å². The van der Waals surface area contributed by atoms with Gasteiger partial charge >= 0.3 is 0 Å². The van der Waals surface area contributed by atoms with Crippen LogP contribution in [0.5, 0.6) is 5.75 Å². The maximum atomic E-state index is 12.6. The highest BCUT2D eigenvalue weighted by Gasteiger charge is 2.17. The van der Waals surface area contributed by atoms with E-state index in [4.69, 9.17) is 4.74 Å². The van der Waals surface area contributed by atoms with Crippen molar-refractivity contribution in [1.29, 1.82) is 0 Å². The lowest BCUT2D eigenvalue weighted by atomic mass is 10.0. The molecule has 1 heterocycles. The van der Waals surface area contributed by atoms with Gasteiger partial charge in [-0.15, -0.1) is 0 Å². The molecule has 0 bridgehead atoms. The van der Waals surface area contributed by atoms with Crippen LogP contribution in [-0.4, -0.2) is 28.5 Å². The molecule has 7 nitrogen and oxygen atoms in total. The Balaban J connectivity index is 1.62. The highest BCUT2D eigenvalue weighted by Crippen LogP contribution is 2.21. The summed E-state index contributed by atoms with van der Waals surface area (Å²) < 4.78 is 7.22. The molecule has 0 aliphatic carbocycles. The maximum Gasteiger partial charge on any atom is 0.226 e. The van der Waals surface area contributed by atoms with Crippen LogP contribution < -0.4 is 15.4 Å². The summed E-state index contributed by atoms with van der Waals surface area (Å²) in [5, 5.41) is 5.74. The van der Waals surface area contributed by atoms with Crippen LogP contribution in [0.3, 0.4) is 0 Å². The fourth-order valence-corrected chi connectivity index (χ4v) is 3.19. The number of hydrogen-bond acceptors (Lipinski definition) is 4. The van der Waals surface area contributed by atoms with Crippen LogP contribution in [-0.2, 0) is 16.1 Å². The molecule has 0 aliphatic rings. The SMILES string of the molecule is COc1ccc(C(CC(=O)Nc2ccc(Cn3ccnc3C)cc2)NC(C)=O)cc1. The predicted molar refractivity (Wildman–Crippen MR) is 115 cm³/mol. The first kappa shape index (κ1) is 21.1. The van der Waals surface area contributed by atoms with Crippen LogP contribution in [0, 0.1) is 6.92 Å². The summed E-state index contributed by atoms with van der Waals surface area (Å²) >= 11 is 0. The van der Waals surface area contributed by atoms with E-state index >= 15 is 0 Å². The second-order valence-corrected chi connectivity index (χ2v) is 7.08. The topological polar surface area (TPSA) is 85.2 Å². The van der Waals surface area contributed by atoms with Crippen molar-refractivity contribution < 1.29 is 14.3 Å². The number of nitrogens with one attached hydrogen (secondary N) is 2. The van der Waals surface area contributed by atoms with Crippen molar-refractivity contribution in [2.24, 2.45) is 0 Å². The lowest BCUT2D eigenvalue weighted by Crippen LogP contribution is -2.29. The van der Waals surface area contributed by atoms with E-state index in [2.05, 4.69) is 20.2 Å². The summed E-state index contributed by atoms with van der Waals surface area (Å²) in [4.78, 5) is 28.4. The lowest BCUT2D eigenvalue weighted by Gasteiger charge is -2.18. The standard InChI is InChI=1S/C23H26N4O3/c1-16-24-12-13-27(16)15-18-4-8-20(9-5-18)26-23(29)14-22(25-17(2)28)19-6-10-21(30-3)11-7-19/h4-13,22H,14-15H2,1-3H3,(H,25,28)(H,26,29). The number of benzene rings is 2. The highest BCUT2D eigenvalue weighted by molar-refractivity contribution is 5.91. The number of rotatable bonds is 8. The Morgan fingerprint density at radius 3 is 2.37 bits per heavy atom. The number of methoxy groups -OCH3 is 1. The van der Waals surface area contributed by atoms with Crippen LogP contribution in [0.1, 0.15) is 36.3 Å². The number of carbonyl (C=O) groups is 2. The molecular formula is C23H26N4O3. The maximum absolute atomic E-state index is 12.6. The van der Waals surface area contributed by atoms with Crippen molar-refractivity contribution in [3.05, 3.63) is 77.9 Å². The van der Waals surface area contributed by atoms with Crippen LogP contribution in [0.15, 0.2) is 60.9 Å². The molecule has 0 saturated carbocycles. The molecule has 2 amide bonds. The van der Waals surface area contributed by atoms with E-state index in [-0.39, 0.29) is 18.2 Å². The third-order valence-corrected chi connectivity index (χ3v) is 4.80. The minimum absolute atomic E-state index is 0.127. The molecule has 0 saturated heterocycles. The largest absolute Gasteiger partial charge is 0.497 e. The van der Waals surface area contributed by atoms with E-state index in [0.29, 0.717) is 5.69 Å². The van der Waals surface area contributed by atoms with Crippen molar-refractivity contribution in [2.75, 3.05) is 12.4 Å². The highest BCUT2D eigenvalue weighted by atomic mass is 16.5. The molecule has 2 N–H and O–H groups in total. The number of anilines is 1. The zero-order valence-electron chi connectivity index (χ0n) is 17.4. The summed E-state index contributed by atoms with van der Waals surface area (Å²) in [5.41, 5.74) is 2.66. The van der Waals surface area contributed by atoms with Gasteiger partial charge in [0.05, 0.1) is 19.6 Å². The molecule has 1 atom stereocenters. The van der Waals surface area contributed by atoms with E-state index in [1.54, 1.807) is 13.3 Å². The van der Waals surface area contributed by atoms with E-state index in [1.807, 2.05) is 61.7 Å². The summed E-state index contributed by atoms with van der Waals surface area (Å²) in [6.07, 6.45) is 3.84. The quantitative estimate of drug-likeness (QED) is 0.600. The summed E-state index contributed by atoms with van der Waals surface area (Å²) in [5.74, 6) is 1.30. The number of imidazole rings is 1. The Bertz CT molecular complexity index is 994. The fourth-order valence-electron chi connectivity index (χ4n) is 3.19. The number of aromatic nitrogens is 2. The molecule has 0 fully saturated rings. The summed E-state index contributed by atoms with van der Waals surface area (Å²) in [7, 11) is 1.59. The minimum atomic E-state index is -0.420. The normalized spacial score (nSPS) is 11.6.